The van der Waals surface area contributed by atoms with Crippen LogP contribution in [0.25, 0.3) is 10.2 Å². The van der Waals surface area contributed by atoms with Gasteiger partial charge in [-0.2, -0.15) is 0 Å². The van der Waals surface area contributed by atoms with Crippen molar-refractivity contribution in [1.29, 1.82) is 0 Å². The number of non-ortho nitro benzene ring substituents is 1. The Hall–Kier alpha value is -2.43. The fourth-order valence-corrected chi connectivity index (χ4v) is 5.89. The molecule has 1 aliphatic rings. The molecule has 0 radical (unpaired) electrons. The van der Waals surface area contributed by atoms with Crippen molar-refractivity contribution in [2.75, 3.05) is 12.8 Å². The number of carbonyl (C=O) groups excluding carboxylic acids is 1. The quantitative estimate of drug-likeness (QED) is 0.407. The standard InChI is InChI=1S/C20H19ClN4O4S2/c1-24(8-11-7-12(25(28)29)5-6-14(11)21)17(26)10-30-9-16-22-19(27)18-13-3-2-4-15(13)31-20(18)23-16/h5-7H,2-4,8-10H2,1H3,(H,22,23,27). The number of aryl methyl sites for hydroxylation is 2. The molecule has 0 spiro atoms. The summed E-state index contributed by atoms with van der Waals surface area (Å²) in [6.45, 7) is 0.168. The zero-order valence-corrected chi connectivity index (χ0v) is 19.0. The van der Waals surface area contributed by atoms with Crippen LogP contribution in [0.2, 0.25) is 5.02 Å². The number of amides is 1. The Bertz CT molecular complexity index is 1240. The van der Waals surface area contributed by atoms with E-state index in [-0.39, 0.29) is 29.5 Å². The van der Waals surface area contributed by atoms with Crippen molar-refractivity contribution in [3.63, 3.8) is 0 Å². The molecular formula is C20H19ClN4O4S2. The van der Waals surface area contributed by atoms with Crippen molar-refractivity contribution in [1.82, 2.24) is 14.9 Å². The van der Waals surface area contributed by atoms with E-state index < -0.39 is 4.92 Å². The van der Waals surface area contributed by atoms with Crippen molar-refractivity contribution >= 4 is 56.5 Å². The van der Waals surface area contributed by atoms with Crippen molar-refractivity contribution < 1.29 is 9.72 Å². The molecule has 2 heterocycles. The Morgan fingerprint density at radius 1 is 1.42 bits per heavy atom. The number of hydrogen-bond acceptors (Lipinski definition) is 7. The van der Waals surface area contributed by atoms with E-state index >= 15 is 0 Å². The van der Waals surface area contributed by atoms with E-state index in [0.717, 1.165) is 35.0 Å². The molecule has 1 aliphatic carbocycles. The molecule has 3 aromatic rings. The summed E-state index contributed by atoms with van der Waals surface area (Å²) in [5, 5.41) is 12.0. The summed E-state index contributed by atoms with van der Waals surface area (Å²) in [5.74, 6) is 1.00. The second-order valence-corrected chi connectivity index (χ2v) is 9.80. The third-order valence-electron chi connectivity index (χ3n) is 5.16. The predicted octanol–water partition coefficient (Wildman–Crippen LogP) is 3.93. The smallest absolute Gasteiger partial charge is 0.269 e. The Morgan fingerprint density at radius 3 is 3.00 bits per heavy atom. The minimum atomic E-state index is -0.496. The first-order valence-electron chi connectivity index (χ1n) is 9.61. The minimum Gasteiger partial charge on any atom is -0.341 e. The van der Waals surface area contributed by atoms with Crippen molar-refractivity contribution in [2.24, 2.45) is 0 Å². The highest BCUT2D eigenvalue weighted by atomic mass is 35.5. The summed E-state index contributed by atoms with van der Waals surface area (Å²) in [5.41, 5.74) is 1.48. The highest BCUT2D eigenvalue weighted by Gasteiger charge is 2.21. The first-order chi connectivity index (χ1) is 14.8. The Labute approximate surface area is 190 Å². The third kappa shape index (κ3) is 4.60. The number of halogens is 1. The van der Waals surface area contributed by atoms with Crippen LogP contribution in [0.4, 0.5) is 5.69 Å². The SMILES string of the molecule is CN(Cc1cc([N+](=O)[O-])ccc1Cl)C(=O)CSCc1nc2sc3c(c2c(=O)[nH]1)CCC3. The van der Waals surface area contributed by atoms with Crippen molar-refractivity contribution in [3.05, 3.63) is 65.5 Å². The monoisotopic (exact) mass is 478 g/mol. The average Bonchev–Trinajstić information content (AvgIpc) is 3.30. The van der Waals surface area contributed by atoms with Gasteiger partial charge in [-0.15, -0.1) is 23.1 Å². The normalized spacial score (nSPS) is 12.8. The molecule has 0 bridgehead atoms. The summed E-state index contributed by atoms with van der Waals surface area (Å²) < 4.78 is 0. The number of nitro benzene ring substituents is 1. The molecule has 1 amide bonds. The second kappa shape index (κ2) is 8.97. The molecule has 1 aromatic carbocycles. The number of carbonyl (C=O) groups is 1. The molecule has 1 N–H and O–H groups in total. The number of aromatic nitrogens is 2. The van der Waals surface area contributed by atoms with Gasteiger partial charge in [-0.05, 0) is 36.5 Å². The van der Waals surface area contributed by atoms with Crippen LogP contribution in [0.3, 0.4) is 0 Å². The molecule has 2 aromatic heterocycles. The van der Waals surface area contributed by atoms with Crippen molar-refractivity contribution in [2.45, 2.75) is 31.6 Å². The van der Waals surface area contributed by atoms with E-state index in [0.29, 0.717) is 22.2 Å². The molecule has 0 unspecified atom stereocenters. The van der Waals surface area contributed by atoms with E-state index in [1.165, 1.54) is 39.7 Å². The molecule has 31 heavy (non-hydrogen) atoms. The lowest BCUT2D eigenvalue weighted by molar-refractivity contribution is -0.384. The second-order valence-electron chi connectivity index (χ2n) is 7.33. The van der Waals surface area contributed by atoms with Crippen LogP contribution in [0, 0.1) is 10.1 Å². The van der Waals surface area contributed by atoms with Crippen molar-refractivity contribution in [3.8, 4) is 0 Å². The van der Waals surface area contributed by atoms with Crippen LogP contribution in [-0.2, 0) is 29.9 Å². The van der Waals surface area contributed by atoms with Crippen LogP contribution in [0.5, 0.6) is 0 Å². The number of fused-ring (bicyclic) bond motifs is 3. The number of H-pyrrole nitrogens is 1. The van der Waals surface area contributed by atoms with E-state index in [1.807, 2.05) is 0 Å². The van der Waals surface area contributed by atoms with Crippen LogP contribution in [0.1, 0.15) is 28.2 Å². The number of nitrogens with zero attached hydrogens (tertiary/aromatic N) is 3. The summed E-state index contributed by atoms with van der Waals surface area (Å²) in [6, 6.07) is 4.17. The molecule has 4 rings (SSSR count). The summed E-state index contributed by atoms with van der Waals surface area (Å²) in [4.78, 5) is 46.4. The lowest BCUT2D eigenvalue weighted by Gasteiger charge is -2.17. The van der Waals surface area contributed by atoms with E-state index in [9.17, 15) is 19.7 Å². The van der Waals surface area contributed by atoms with Gasteiger partial charge >= 0.3 is 0 Å². The van der Waals surface area contributed by atoms with E-state index in [2.05, 4.69) is 9.97 Å². The van der Waals surface area contributed by atoms with Gasteiger partial charge in [0.05, 0.1) is 21.8 Å². The Morgan fingerprint density at radius 2 is 2.23 bits per heavy atom. The van der Waals surface area contributed by atoms with Gasteiger partial charge in [0.15, 0.2) is 0 Å². The number of thiophene rings is 1. The van der Waals surface area contributed by atoms with Gasteiger partial charge in [0, 0.05) is 35.6 Å². The fourth-order valence-electron chi connectivity index (χ4n) is 3.60. The lowest BCUT2D eigenvalue weighted by atomic mass is 10.2. The number of nitro groups is 1. The van der Waals surface area contributed by atoms with Crippen LogP contribution in [-0.4, -0.2) is 38.5 Å². The van der Waals surface area contributed by atoms with Crippen LogP contribution < -0.4 is 5.56 Å². The maximum Gasteiger partial charge on any atom is 0.269 e. The number of benzene rings is 1. The van der Waals surface area contributed by atoms with Gasteiger partial charge in [-0.1, -0.05) is 11.6 Å². The summed E-state index contributed by atoms with van der Waals surface area (Å²) in [7, 11) is 1.62. The number of nitrogens with one attached hydrogen (secondary N) is 1. The van der Waals surface area contributed by atoms with E-state index in [4.69, 9.17) is 11.6 Å². The lowest BCUT2D eigenvalue weighted by Crippen LogP contribution is -2.28. The number of thioether (sulfide) groups is 1. The minimum absolute atomic E-state index is 0.0698. The summed E-state index contributed by atoms with van der Waals surface area (Å²) >= 11 is 9.06. The zero-order chi connectivity index (χ0) is 22.1. The molecular weight excluding hydrogens is 460 g/mol. The third-order valence-corrected chi connectivity index (χ3v) is 7.64. The molecule has 0 aliphatic heterocycles. The molecule has 0 fully saturated rings. The highest BCUT2D eigenvalue weighted by Crippen LogP contribution is 2.34. The predicted molar refractivity (Wildman–Crippen MR) is 123 cm³/mol. The van der Waals surface area contributed by atoms with Gasteiger partial charge in [0.2, 0.25) is 5.91 Å². The molecule has 162 valence electrons. The maximum atomic E-state index is 12.5. The number of aromatic amines is 1. The maximum absolute atomic E-state index is 12.5. The molecule has 0 saturated heterocycles. The molecule has 0 atom stereocenters. The van der Waals surface area contributed by atoms with Gasteiger partial charge in [0.1, 0.15) is 10.7 Å². The van der Waals surface area contributed by atoms with Gasteiger partial charge < -0.3 is 9.88 Å². The zero-order valence-electron chi connectivity index (χ0n) is 16.6. The largest absolute Gasteiger partial charge is 0.341 e. The summed E-state index contributed by atoms with van der Waals surface area (Å²) in [6.07, 6.45) is 3.03. The number of hydrogen-bond donors (Lipinski definition) is 1. The number of rotatable bonds is 7. The fraction of sp³-hybridized carbons (Fsp3) is 0.350. The van der Waals surface area contributed by atoms with E-state index in [1.54, 1.807) is 18.4 Å². The highest BCUT2D eigenvalue weighted by molar-refractivity contribution is 7.99. The van der Waals surface area contributed by atoms with Gasteiger partial charge in [-0.3, -0.25) is 19.7 Å². The topological polar surface area (TPSA) is 109 Å². The van der Waals surface area contributed by atoms with Crippen LogP contribution >= 0.6 is 34.7 Å². The van der Waals surface area contributed by atoms with Gasteiger partial charge in [0.25, 0.3) is 11.2 Å². The first kappa shape index (κ1) is 21.8. The first-order valence-corrected chi connectivity index (χ1v) is 12.0. The Kier molecular flexibility index (Phi) is 6.31. The molecule has 0 saturated carbocycles. The molecule has 8 nitrogen and oxygen atoms in total. The van der Waals surface area contributed by atoms with Crippen LogP contribution in [0.15, 0.2) is 23.0 Å². The average molecular weight is 479 g/mol. The molecule has 11 heteroatoms. The van der Waals surface area contributed by atoms with Gasteiger partial charge in [-0.25, -0.2) is 4.98 Å². The Balaban J connectivity index is 1.36.